The van der Waals surface area contributed by atoms with Crippen LogP contribution in [0.4, 0.5) is 0 Å². The Labute approximate surface area is 180 Å². The average Bonchev–Trinajstić information content (AvgIpc) is 3.07. The first-order valence-corrected chi connectivity index (χ1v) is 11.2. The van der Waals surface area contributed by atoms with Gasteiger partial charge in [0.1, 0.15) is 4.21 Å². The van der Waals surface area contributed by atoms with Crippen LogP contribution in [-0.2, 0) is 16.4 Å². The molecule has 0 atom stereocenters. The molecule has 1 rings (SSSR count). The van der Waals surface area contributed by atoms with Gasteiger partial charge in [0.2, 0.25) is 0 Å². The van der Waals surface area contributed by atoms with Crippen LogP contribution >= 0.6 is 35.3 Å². The smallest absolute Gasteiger partial charge is 0.252 e. The maximum atomic E-state index is 12.5. The van der Waals surface area contributed by atoms with Gasteiger partial charge in [-0.15, -0.1) is 35.3 Å². The zero-order valence-corrected chi connectivity index (χ0v) is 20.5. The SMILES string of the molecule is CCCCN(C)C(=NC)NCCc1ccc(S(=O)(=O)N(CC)CC)s1.I. The number of nitrogens with zero attached hydrogens (tertiary/aromatic N) is 3. The van der Waals surface area contributed by atoms with E-state index in [1.165, 1.54) is 15.6 Å². The summed E-state index contributed by atoms with van der Waals surface area (Å²) < 4.78 is 27.0. The molecule has 152 valence electrons. The maximum Gasteiger partial charge on any atom is 0.252 e. The van der Waals surface area contributed by atoms with Gasteiger partial charge in [-0.3, -0.25) is 4.99 Å². The Morgan fingerprint density at radius 1 is 1.23 bits per heavy atom. The van der Waals surface area contributed by atoms with Gasteiger partial charge in [0.25, 0.3) is 10.0 Å². The molecule has 0 unspecified atom stereocenters. The molecule has 0 spiro atoms. The molecular formula is C17H33IN4O2S2. The monoisotopic (exact) mass is 516 g/mol. The van der Waals surface area contributed by atoms with Crippen molar-refractivity contribution in [1.82, 2.24) is 14.5 Å². The van der Waals surface area contributed by atoms with E-state index >= 15 is 0 Å². The Hall–Kier alpha value is -0.390. The Morgan fingerprint density at radius 3 is 2.42 bits per heavy atom. The summed E-state index contributed by atoms with van der Waals surface area (Å²) in [6, 6.07) is 3.63. The highest BCUT2D eigenvalue weighted by atomic mass is 127. The van der Waals surface area contributed by atoms with E-state index < -0.39 is 10.0 Å². The normalized spacial score (nSPS) is 12.2. The van der Waals surface area contributed by atoms with Crippen LogP contribution in [0.2, 0.25) is 0 Å². The highest BCUT2D eigenvalue weighted by Crippen LogP contribution is 2.25. The molecule has 1 aromatic heterocycles. The predicted octanol–water partition coefficient (Wildman–Crippen LogP) is 3.25. The van der Waals surface area contributed by atoms with E-state index in [1.807, 2.05) is 27.0 Å². The second-order valence-electron chi connectivity index (χ2n) is 5.81. The lowest BCUT2D eigenvalue weighted by molar-refractivity contribution is 0.447. The van der Waals surface area contributed by atoms with Crippen molar-refractivity contribution in [2.75, 3.05) is 40.3 Å². The van der Waals surface area contributed by atoms with Crippen molar-refractivity contribution in [2.45, 2.75) is 44.2 Å². The number of hydrogen-bond donors (Lipinski definition) is 1. The maximum absolute atomic E-state index is 12.5. The first-order valence-electron chi connectivity index (χ1n) is 8.91. The minimum atomic E-state index is -3.35. The van der Waals surface area contributed by atoms with Crippen LogP contribution in [0.1, 0.15) is 38.5 Å². The Morgan fingerprint density at radius 2 is 1.88 bits per heavy atom. The first-order chi connectivity index (χ1) is 11.9. The molecule has 0 amide bonds. The summed E-state index contributed by atoms with van der Waals surface area (Å²) >= 11 is 1.36. The molecule has 1 aromatic rings. The molecule has 26 heavy (non-hydrogen) atoms. The van der Waals surface area contributed by atoms with Crippen LogP contribution in [0.15, 0.2) is 21.3 Å². The topological polar surface area (TPSA) is 65.0 Å². The van der Waals surface area contributed by atoms with Gasteiger partial charge in [0.15, 0.2) is 5.96 Å². The zero-order valence-electron chi connectivity index (χ0n) is 16.5. The number of unbranched alkanes of at least 4 members (excludes halogenated alkanes) is 1. The molecule has 0 fully saturated rings. The molecule has 0 aromatic carbocycles. The molecule has 0 saturated heterocycles. The van der Waals surface area contributed by atoms with E-state index in [0.717, 1.165) is 43.2 Å². The molecule has 1 N–H and O–H groups in total. The first kappa shape index (κ1) is 25.6. The van der Waals surface area contributed by atoms with E-state index in [9.17, 15) is 8.42 Å². The fourth-order valence-corrected chi connectivity index (χ4v) is 5.47. The molecule has 6 nitrogen and oxygen atoms in total. The van der Waals surface area contributed by atoms with E-state index in [4.69, 9.17) is 0 Å². The van der Waals surface area contributed by atoms with E-state index in [1.54, 1.807) is 13.1 Å². The number of nitrogens with one attached hydrogen (secondary N) is 1. The van der Waals surface area contributed by atoms with Crippen molar-refractivity contribution in [3.63, 3.8) is 0 Å². The highest BCUT2D eigenvalue weighted by molar-refractivity contribution is 14.0. The van der Waals surface area contributed by atoms with Gasteiger partial charge in [-0.05, 0) is 25.0 Å². The van der Waals surface area contributed by atoms with E-state index in [2.05, 4.69) is 22.1 Å². The second kappa shape index (κ2) is 12.9. The van der Waals surface area contributed by atoms with Crippen molar-refractivity contribution >= 4 is 51.3 Å². The summed E-state index contributed by atoms with van der Waals surface area (Å²) in [6.07, 6.45) is 3.06. The van der Waals surface area contributed by atoms with Crippen LogP contribution in [0.25, 0.3) is 0 Å². The third-order valence-corrected chi connectivity index (χ3v) is 7.67. The van der Waals surface area contributed by atoms with E-state index in [0.29, 0.717) is 17.3 Å². The van der Waals surface area contributed by atoms with E-state index in [-0.39, 0.29) is 24.0 Å². The summed E-state index contributed by atoms with van der Waals surface area (Å²) in [6.45, 7) is 8.59. The lowest BCUT2D eigenvalue weighted by Gasteiger charge is -2.21. The number of sulfonamides is 1. The fourth-order valence-electron chi connectivity index (χ4n) is 2.51. The Kier molecular flexibility index (Phi) is 12.7. The van der Waals surface area contributed by atoms with Crippen molar-refractivity contribution in [1.29, 1.82) is 0 Å². The minimum absolute atomic E-state index is 0. The number of halogens is 1. The van der Waals surface area contributed by atoms with Gasteiger partial charge >= 0.3 is 0 Å². The molecule has 9 heteroatoms. The molecule has 0 saturated carbocycles. The quantitative estimate of drug-likeness (QED) is 0.295. The molecule has 1 heterocycles. The second-order valence-corrected chi connectivity index (χ2v) is 9.14. The average molecular weight is 517 g/mol. The molecular weight excluding hydrogens is 483 g/mol. The predicted molar refractivity (Wildman–Crippen MR) is 122 cm³/mol. The molecule has 0 aliphatic rings. The summed E-state index contributed by atoms with van der Waals surface area (Å²) in [7, 11) is 0.464. The van der Waals surface area contributed by atoms with Crippen LogP contribution in [0.5, 0.6) is 0 Å². The van der Waals surface area contributed by atoms with Gasteiger partial charge in [0, 0.05) is 45.2 Å². The van der Waals surface area contributed by atoms with Crippen LogP contribution in [0, 0.1) is 0 Å². The van der Waals surface area contributed by atoms with Crippen molar-refractivity contribution < 1.29 is 8.42 Å². The molecule has 0 aliphatic carbocycles. The fraction of sp³-hybridized carbons (Fsp3) is 0.706. The van der Waals surface area contributed by atoms with Gasteiger partial charge in [-0.25, -0.2) is 8.42 Å². The lowest BCUT2D eigenvalue weighted by atomic mass is 10.3. The van der Waals surface area contributed by atoms with Gasteiger partial charge in [0.05, 0.1) is 0 Å². The third-order valence-electron chi connectivity index (χ3n) is 4.01. The number of thiophene rings is 1. The molecule has 0 aliphatic heterocycles. The minimum Gasteiger partial charge on any atom is -0.356 e. The molecule has 0 bridgehead atoms. The highest BCUT2D eigenvalue weighted by Gasteiger charge is 2.23. The van der Waals surface area contributed by atoms with Crippen LogP contribution in [0.3, 0.4) is 0 Å². The van der Waals surface area contributed by atoms with Gasteiger partial charge in [-0.1, -0.05) is 27.2 Å². The summed E-state index contributed by atoms with van der Waals surface area (Å²) in [5.41, 5.74) is 0. The van der Waals surface area contributed by atoms with Crippen LogP contribution < -0.4 is 5.32 Å². The number of guanidine groups is 1. The van der Waals surface area contributed by atoms with Gasteiger partial charge < -0.3 is 10.2 Å². The lowest BCUT2D eigenvalue weighted by Crippen LogP contribution is -2.40. The summed E-state index contributed by atoms with van der Waals surface area (Å²) in [5, 5.41) is 3.34. The number of aliphatic imine (C=N–C) groups is 1. The molecule has 0 radical (unpaired) electrons. The third kappa shape index (κ3) is 7.32. The van der Waals surface area contributed by atoms with Crippen molar-refractivity contribution in [3.8, 4) is 0 Å². The zero-order chi connectivity index (χ0) is 18.9. The van der Waals surface area contributed by atoms with Crippen molar-refractivity contribution in [2.24, 2.45) is 4.99 Å². The van der Waals surface area contributed by atoms with Crippen molar-refractivity contribution in [3.05, 3.63) is 17.0 Å². The number of rotatable bonds is 10. The number of hydrogen-bond acceptors (Lipinski definition) is 4. The summed E-state index contributed by atoms with van der Waals surface area (Å²) in [5.74, 6) is 0.876. The Bertz CT molecular complexity index is 643. The Balaban J connectivity index is 0.00000625. The van der Waals surface area contributed by atoms with Gasteiger partial charge in [-0.2, -0.15) is 4.31 Å². The standard InChI is InChI=1S/C17H32N4O2S2.HI/c1-6-9-14-20(5)17(18-4)19-13-12-15-10-11-16(24-15)25(22,23)21(7-2)8-3;/h10-11H,6-9,12-14H2,1-5H3,(H,18,19);1H. The van der Waals surface area contributed by atoms with Crippen LogP contribution in [-0.4, -0.2) is 63.9 Å². The summed E-state index contributed by atoms with van der Waals surface area (Å²) in [4.78, 5) is 7.47. The largest absolute Gasteiger partial charge is 0.356 e.